The highest BCUT2D eigenvalue weighted by Crippen LogP contribution is 2.48. The Balaban J connectivity index is 1.52. The molecule has 5 aromatic carbocycles. The molecule has 40 heavy (non-hydrogen) atoms. The summed E-state index contributed by atoms with van der Waals surface area (Å²) in [5.74, 6) is 0. The molecule has 192 valence electrons. The molecule has 0 atom stereocenters. The number of benzene rings is 5. The summed E-state index contributed by atoms with van der Waals surface area (Å²) in [6, 6.07) is 42.6. The van der Waals surface area contributed by atoms with Crippen LogP contribution < -0.4 is 4.57 Å². The van der Waals surface area contributed by atoms with E-state index in [1.54, 1.807) is 0 Å². The Bertz CT molecular complexity index is 1920. The summed E-state index contributed by atoms with van der Waals surface area (Å²) >= 11 is 0. The first-order valence-electron chi connectivity index (χ1n) is 14.0. The molecule has 1 heterocycles. The van der Waals surface area contributed by atoms with E-state index in [-0.39, 0.29) is 0 Å². The highest BCUT2D eigenvalue weighted by Gasteiger charge is 2.25. The quantitative estimate of drug-likeness (QED) is 0.202. The molecular formula is C39H32N+. The van der Waals surface area contributed by atoms with E-state index in [0.29, 0.717) is 0 Å². The fourth-order valence-corrected chi connectivity index (χ4v) is 6.38. The number of pyridine rings is 1. The van der Waals surface area contributed by atoms with Crippen molar-refractivity contribution in [2.24, 2.45) is 7.05 Å². The molecule has 0 spiro atoms. The normalized spacial score (nSPS) is 11.5. The first-order valence-corrected chi connectivity index (χ1v) is 14.0. The van der Waals surface area contributed by atoms with E-state index in [2.05, 4.69) is 154 Å². The maximum absolute atomic E-state index is 2.43. The minimum absolute atomic E-state index is 1.22. The van der Waals surface area contributed by atoms with Crippen molar-refractivity contribution in [2.45, 2.75) is 20.8 Å². The van der Waals surface area contributed by atoms with E-state index in [1.807, 2.05) is 0 Å². The predicted octanol–water partition coefficient (Wildman–Crippen LogP) is 9.75. The molecule has 1 aromatic heterocycles. The van der Waals surface area contributed by atoms with Gasteiger partial charge in [-0.15, -0.1) is 0 Å². The van der Waals surface area contributed by atoms with Gasteiger partial charge in [-0.2, -0.15) is 0 Å². The summed E-state index contributed by atoms with van der Waals surface area (Å²) in [5, 5.41) is 0. The van der Waals surface area contributed by atoms with Gasteiger partial charge in [0, 0.05) is 17.2 Å². The second-order valence-corrected chi connectivity index (χ2v) is 11.1. The zero-order chi connectivity index (χ0) is 27.4. The lowest BCUT2D eigenvalue weighted by atomic mass is 9.79. The van der Waals surface area contributed by atoms with Gasteiger partial charge in [0.25, 0.3) is 0 Å². The summed E-state index contributed by atoms with van der Waals surface area (Å²) in [5.41, 5.74) is 19.1. The Kier molecular flexibility index (Phi) is 5.75. The zero-order valence-electron chi connectivity index (χ0n) is 23.5. The van der Waals surface area contributed by atoms with Gasteiger partial charge < -0.3 is 0 Å². The average molecular weight is 515 g/mol. The number of rotatable bonds is 2. The van der Waals surface area contributed by atoms with Gasteiger partial charge >= 0.3 is 0 Å². The van der Waals surface area contributed by atoms with E-state index >= 15 is 0 Å². The molecule has 1 nitrogen and oxygen atoms in total. The summed E-state index contributed by atoms with van der Waals surface area (Å²) in [6.07, 6.45) is 2.26. The van der Waals surface area contributed by atoms with E-state index in [1.165, 1.54) is 83.6 Å². The fourth-order valence-electron chi connectivity index (χ4n) is 6.38. The van der Waals surface area contributed by atoms with Crippen LogP contribution in [0.25, 0.3) is 66.9 Å². The van der Waals surface area contributed by atoms with Crippen molar-refractivity contribution in [1.29, 1.82) is 0 Å². The van der Waals surface area contributed by atoms with Crippen molar-refractivity contribution in [2.75, 3.05) is 0 Å². The molecule has 1 heteroatoms. The Hall–Kier alpha value is -4.75. The molecular weight excluding hydrogens is 482 g/mol. The predicted molar refractivity (Wildman–Crippen MR) is 168 cm³/mol. The number of nitrogens with zero attached hydrogens (tertiary/aromatic N) is 1. The minimum Gasteiger partial charge on any atom is -0.201 e. The minimum atomic E-state index is 1.22. The van der Waals surface area contributed by atoms with Gasteiger partial charge in [0.2, 0.25) is 5.69 Å². The number of aromatic nitrogens is 1. The number of aryl methyl sites for hydroxylation is 4. The van der Waals surface area contributed by atoms with Gasteiger partial charge in [-0.1, -0.05) is 103 Å². The van der Waals surface area contributed by atoms with E-state index < -0.39 is 0 Å². The third-order valence-electron chi connectivity index (χ3n) is 8.42. The Morgan fingerprint density at radius 3 is 1.35 bits per heavy atom. The molecule has 0 radical (unpaired) electrons. The first-order chi connectivity index (χ1) is 19.5. The van der Waals surface area contributed by atoms with Crippen molar-refractivity contribution >= 4 is 0 Å². The molecule has 0 saturated carbocycles. The van der Waals surface area contributed by atoms with E-state index in [4.69, 9.17) is 0 Å². The summed E-state index contributed by atoms with van der Waals surface area (Å²) in [7, 11) is 2.16. The lowest BCUT2D eigenvalue weighted by Crippen LogP contribution is -2.31. The molecule has 0 fully saturated rings. The second-order valence-electron chi connectivity index (χ2n) is 11.1. The Morgan fingerprint density at radius 1 is 0.400 bits per heavy atom. The standard InChI is InChI=1S/C39H32N/c1-25-17-19-28(20-18-25)35-23-39(40(4)24-27(35)3)36-22-38-34-16-10-8-14-32(34)30-12-6-5-11-29(30)31-13-7-9-15-33(31)37(38)21-26(36)2/h5-24H,1-4H3/q+1. The molecule has 0 aliphatic heterocycles. The maximum atomic E-state index is 2.43. The summed E-state index contributed by atoms with van der Waals surface area (Å²) < 4.78 is 2.28. The van der Waals surface area contributed by atoms with Crippen LogP contribution >= 0.6 is 0 Å². The van der Waals surface area contributed by atoms with Gasteiger partial charge in [0.15, 0.2) is 6.20 Å². The van der Waals surface area contributed by atoms with Crippen LogP contribution in [0.3, 0.4) is 0 Å². The largest absolute Gasteiger partial charge is 0.213 e. The van der Waals surface area contributed by atoms with E-state index in [9.17, 15) is 0 Å². The molecule has 0 amide bonds. The van der Waals surface area contributed by atoms with Crippen LogP contribution in [0.5, 0.6) is 0 Å². The van der Waals surface area contributed by atoms with Crippen LogP contribution in [0.4, 0.5) is 0 Å². The van der Waals surface area contributed by atoms with E-state index in [0.717, 1.165) is 0 Å². The summed E-state index contributed by atoms with van der Waals surface area (Å²) in [4.78, 5) is 0. The van der Waals surface area contributed by atoms with Crippen molar-refractivity contribution in [1.82, 2.24) is 0 Å². The third kappa shape index (κ3) is 3.89. The van der Waals surface area contributed by atoms with Crippen molar-refractivity contribution in [3.05, 3.63) is 138 Å². The number of hydrogen-bond acceptors (Lipinski definition) is 0. The number of hydrogen-bond donors (Lipinski definition) is 0. The molecule has 0 saturated heterocycles. The third-order valence-corrected chi connectivity index (χ3v) is 8.42. The van der Waals surface area contributed by atoms with Crippen LogP contribution in [-0.2, 0) is 7.05 Å². The molecule has 0 unspecified atom stereocenters. The Morgan fingerprint density at radius 2 is 0.850 bits per heavy atom. The molecule has 0 N–H and O–H groups in total. The topological polar surface area (TPSA) is 3.88 Å². The zero-order valence-corrected chi connectivity index (χ0v) is 23.5. The van der Waals surface area contributed by atoms with Gasteiger partial charge in [0.05, 0.1) is 0 Å². The van der Waals surface area contributed by atoms with Crippen molar-refractivity contribution in [3.8, 4) is 66.9 Å². The molecule has 1 aliphatic carbocycles. The monoisotopic (exact) mass is 514 g/mol. The van der Waals surface area contributed by atoms with Crippen molar-refractivity contribution in [3.63, 3.8) is 0 Å². The smallest absolute Gasteiger partial charge is 0.201 e. The van der Waals surface area contributed by atoms with Crippen LogP contribution in [-0.4, -0.2) is 0 Å². The number of fused-ring (bicyclic) bond motifs is 8. The first kappa shape index (κ1) is 24.3. The lowest BCUT2D eigenvalue weighted by Gasteiger charge is -2.24. The fraction of sp³-hybridized carbons (Fsp3) is 0.103. The Labute approximate surface area is 237 Å². The van der Waals surface area contributed by atoms with Gasteiger partial charge in [-0.3, -0.25) is 0 Å². The molecule has 7 rings (SSSR count). The van der Waals surface area contributed by atoms with Crippen LogP contribution in [0.1, 0.15) is 16.7 Å². The molecule has 1 aliphatic rings. The SMILES string of the molecule is Cc1ccc(-c2cc(-c3cc4c(cc3C)-c3ccccc3-c3ccccc3-c3ccccc3-4)[n+](C)cc2C)cc1. The average Bonchev–Trinajstić information content (AvgIpc) is 2.97. The van der Waals surface area contributed by atoms with Gasteiger partial charge in [-0.25, -0.2) is 4.57 Å². The highest BCUT2D eigenvalue weighted by molar-refractivity contribution is 6.04. The highest BCUT2D eigenvalue weighted by atomic mass is 14.9. The summed E-state index contributed by atoms with van der Waals surface area (Å²) in [6.45, 7) is 6.60. The van der Waals surface area contributed by atoms with Gasteiger partial charge in [0.1, 0.15) is 7.05 Å². The molecule has 0 bridgehead atoms. The lowest BCUT2D eigenvalue weighted by molar-refractivity contribution is -0.660. The van der Waals surface area contributed by atoms with Crippen molar-refractivity contribution < 1.29 is 4.57 Å². The van der Waals surface area contributed by atoms with Crippen LogP contribution in [0, 0.1) is 20.8 Å². The maximum Gasteiger partial charge on any atom is 0.213 e. The van der Waals surface area contributed by atoms with Crippen LogP contribution in [0.2, 0.25) is 0 Å². The molecule has 6 aromatic rings. The van der Waals surface area contributed by atoms with Gasteiger partial charge in [-0.05, 0) is 94.1 Å². The second kappa shape index (κ2) is 9.47. The van der Waals surface area contributed by atoms with Crippen LogP contribution in [0.15, 0.2) is 121 Å².